The Hall–Kier alpha value is -0.370. The topological polar surface area (TPSA) is 54.5 Å². The zero-order valence-electron chi connectivity index (χ0n) is 9.24. The van der Waals surface area contributed by atoms with Gasteiger partial charge in [-0.3, -0.25) is 4.79 Å². The molecule has 1 heterocycles. The second-order valence-corrected chi connectivity index (χ2v) is 8.22. The van der Waals surface area contributed by atoms with Gasteiger partial charge in [0.15, 0.2) is 0 Å². The number of carbonyl (C=O) groups is 1. The fraction of sp³-hybridized carbons (Fsp3) is 0.300. The average molecular weight is 391 g/mol. The average Bonchev–Trinajstić information content (AvgIpc) is 2.59. The van der Waals surface area contributed by atoms with Gasteiger partial charge in [-0.15, -0.1) is 0 Å². The van der Waals surface area contributed by atoms with Crippen LogP contribution in [0.4, 0.5) is 10.1 Å². The van der Waals surface area contributed by atoms with Crippen molar-refractivity contribution in [3.8, 4) is 0 Å². The second-order valence-electron chi connectivity index (χ2n) is 4.02. The van der Waals surface area contributed by atoms with Crippen LogP contribution in [0.15, 0.2) is 16.6 Å². The number of carbonyl (C=O) groups excluding carboxylic acids is 1. The first-order valence-corrected chi connectivity index (χ1v) is 8.63. The summed E-state index contributed by atoms with van der Waals surface area (Å²) in [7, 11) is 1.36. The fourth-order valence-corrected chi connectivity index (χ4v) is 3.89. The molecule has 0 aliphatic carbocycles. The largest absolute Gasteiger partial charge is 0.307 e. The van der Waals surface area contributed by atoms with Gasteiger partial charge in [0.1, 0.15) is 11.1 Å². The number of hydrogen-bond acceptors (Lipinski definition) is 3. The fourth-order valence-electron chi connectivity index (χ4n) is 1.87. The molecule has 1 aliphatic rings. The summed E-state index contributed by atoms with van der Waals surface area (Å²) in [5.74, 6) is -1.21. The Kier molecular flexibility index (Phi) is 4.11. The monoisotopic (exact) mass is 389 g/mol. The molecule has 0 N–H and O–H groups in total. The van der Waals surface area contributed by atoms with Gasteiger partial charge in [0.05, 0.1) is 5.69 Å². The van der Waals surface area contributed by atoms with Crippen molar-refractivity contribution in [2.24, 2.45) is 0 Å². The van der Waals surface area contributed by atoms with E-state index in [4.69, 9.17) is 22.3 Å². The van der Waals surface area contributed by atoms with Crippen molar-refractivity contribution in [3.05, 3.63) is 27.4 Å². The zero-order valence-corrected chi connectivity index (χ0v) is 13.2. The van der Waals surface area contributed by atoms with Gasteiger partial charge in [-0.1, -0.05) is 11.6 Å². The third-order valence-corrected chi connectivity index (χ3v) is 5.43. The summed E-state index contributed by atoms with van der Waals surface area (Å²) < 4.78 is 36.6. The molecule has 1 fully saturated rings. The van der Waals surface area contributed by atoms with Gasteiger partial charge in [0.25, 0.3) is 0 Å². The normalized spacial score (nSPS) is 20.1. The Morgan fingerprint density at radius 3 is 2.53 bits per heavy atom. The van der Waals surface area contributed by atoms with Crippen LogP contribution in [0.3, 0.4) is 0 Å². The smallest absolute Gasteiger partial charge is 0.237 e. The van der Waals surface area contributed by atoms with Crippen LogP contribution in [0.1, 0.15) is 6.42 Å². The van der Waals surface area contributed by atoms with Crippen LogP contribution in [-0.4, -0.2) is 26.1 Å². The second kappa shape index (κ2) is 5.20. The van der Waals surface area contributed by atoms with Gasteiger partial charge in [-0.2, -0.15) is 0 Å². The Morgan fingerprint density at radius 2 is 2.05 bits per heavy atom. The highest BCUT2D eigenvalue weighted by molar-refractivity contribution is 9.10. The maximum atomic E-state index is 13.9. The van der Waals surface area contributed by atoms with Gasteiger partial charge < -0.3 is 4.90 Å². The summed E-state index contributed by atoms with van der Waals surface area (Å²) in [6.45, 7) is -0.179. The van der Waals surface area contributed by atoms with Crippen LogP contribution in [0.2, 0.25) is 5.02 Å². The van der Waals surface area contributed by atoms with E-state index >= 15 is 0 Å². The lowest BCUT2D eigenvalue weighted by Crippen LogP contribution is -2.28. The lowest BCUT2D eigenvalue weighted by molar-refractivity contribution is -0.117. The highest BCUT2D eigenvalue weighted by atomic mass is 79.9. The van der Waals surface area contributed by atoms with E-state index in [0.29, 0.717) is 0 Å². The van der Waals surface area contributed by atoms with Crippen LogP contribution < -0.4 is 4.90 Å². The van der Waals surface area contributed by atoms with Crippen molar-refractivity contribution in [1.82, 2.24) is 0 Å². The first kappa shape index (κ1) is 15.0. The van der Waals surface area contributed by atoms with Crippen LogP contribution in [0.5, 0.6) is 0 Å². The number of benzene rings is 1. The Labute approximate surface area is 127 Å². The molecule has 4 nitrogen and oxygen atoms in total. The van der Waals surface area contributed by atoms with Gasteiger partial charge in [0.2, 0.25) is 15.0 Å². The summed E-state index contributed by atoms with van der Waals surface area (Å²) in [6, 6.07) is 2.48. The van der Waals surface area contributed by atoms with Crippen molar-refractivity contribution in [2.45, 2.75) is 11.7 Å². The molecule has 9 heteroatoms. The van der Waals surface area contributed by atoms with Crippen molar-refractivity contribution in [1.29, 1.82) is 0 Å². The predicted molar refractivity (Wildman–Crippen MR) is 74.6 cm³/mol. The molecule has 1 aromatic carbocycles. The van der Waals surface area contributed by atoms with E-state index in [-0.39, 0.29) is 28.1 Å². The first-order chi connectivity index (χ1) is 8.70. The molecule has 1 unspecified atom stereocenters. The number of amides is 1. The first-order valence-electron chi connectivity index (χ1n) is 5.08. The van der Waals surface area contributed by atoms with Gasteiger partial charge in [-0.05, 0) is 28.1 Å². The van der Waals surface area contributed by atoms with E-state index in [2.05, 4.69) is 15.9 Å². The minimum absolute atomic E-state index is 0.0304. The molecule has 0 bridgehead atoms. The lowest BCUT2D eigenvalue weighted by atomic mass is 10.3. The number of nitrogens with zero attached hydrogens (tertiary/aromatic N) is 1. The van der Waals surface area contributed by atoms with Crippen LogP contribution in [0.25, 0.3) is 0 Å². The van der Waals surface area contributed by atoms with Gasteiger partial charge >= 0.3 is 0 Å². The van der Waals surface area contributed by atoms with Gasteiger partial charge in [0, 0.05) is 33.1 Å². The number of halogens is 4. The Morgan fingerprint density at radius 1 is 1.42 bits per heavy atom. The van der Waals surface area contributed by atoms with Crippen molar-refractivity contribution in [3.63, 3.8) is 0 Å². The molecule has 1 saturated heterocycles. The molecule has 1 aliphatic heterocycles. The summed E-state index contributed by atoms with van der Waals surface area (Å²) in [5.41, 5.74) is -0.0304. The zero-order chi connectivity index (χ0) is 14.4. The maximum absolute atomic E-state index is 13.9. The lowest BCUT2D eigenvalue weighted by Gasteiger charge is -2.18. The standard InChI is InChI=1S/C10H7BrCl2FNO3S/c11-7-1-5(12)2-8(14)10(7)15-4-6(3-9(15)16)19(13,17)18/h1-2,6H,3-4H2. The van der Waals surface area contributed by atoms with Crippen molar-refractivity contribution < 1.29 is 17.6 Å². The molecule has 0 saturated carbocycles. The van der Waals surface area contributed by atoms with E-state index in [1.54, 1.807) is 0 Å². The van der Waals surface area contributed by atoms with E-state index in [1.807, 2.05) is 0 Å². The number of rotatable bonds is 2. The highest BCUT2D eigenvalue weighted by Gasteiger charge is 2.39. The molecular weight excluding hydrogens is 384 g/mol. The Balaban J connectivity index is 2.42. The molecule has 1 amide bonds. The Bertz CT molecular complexity index is 629. The van der Waals surface area contributed by atoms with E-state index in [1.165, 1.54) is 6.07 Å². The minimum Gasteiger partial charge on any atom is -0.307 e. The molecule has 104 valence electrons. The molecule has 19 heavy (non-hydrogen) atoms. The predicted octanol–water partition coefficient (Wildman–Crippen LogP) is 2.92. The third-order valence-electron chi connectivity index (χ3n) is 2.74. The van der Waals surface area contributed by atoms with Crippen LogP contribution in [-0.2, 0) is 13.8 Å². The third kappa shape index (κ3) is 3.04. The number of anilines is 1. The van der Waals surface area contributed by atoms with Crippen molar-refractivity contribution >= 4 is 58.9 Å². The summed E-state index contributed by atoms with van der Waals surface area (Å²) in [4.78, 5) is 12.9. The van der Waals surface area contributed by atoms with E-state index in [0.717, 1.165) is 11.0 Å². The minimum atomic E-state index is -3.86. The SMILES string of the molecule is O=C1CC(S(=O)(=O)Cl)CN1c1c(F)cc(Cl)cc1Br. The molecule has 0 aromatic heterocycles. The van der Waals surface area contributed by atoms with Crippen LogP contribution in [0, 0.1) is 5.82 Å². The molecule has 1 atom stereocenters. The highest BCUT2D eigenvalue weighted by Crippen LogP contribution is 2.36. The van der Waals surface area contributed by atoms with E-state index in [9.17, 15) is 17.6 Å². The number of hydrogen-bond donors (Lipinski definition) is 0. The molecule has 0 spiro atoms. The molecule has 2 rings (SSSR count). The van der Waals surface area contributed by atoms with E-state index < -0.39 is 26.0 Å². The summed E-state index contributed by atoms with van der Waals surface area (Å²) >= 11 is 8.78. The summed E-state index contributed by atoms with van der Waals surface area (Å²) in [6.07, 6.45) is -0.264. The van der Waals surface area contributed by atoms with Crippen molar-refractivity contribution in [2.75, 3.05) is 11.4 Å². The molecule has 0 radical (unpaired) electrons. The van der Waals surface area contributed by atoms with Gasteiger partial charge in [-0.25, -0.2) is 12.8 Å². The quantitative estimate of drug-likeness (QED) is 0.729. The van der Waals surface area contributed by atoms with Crippen LogP contribution >= 0.6 is 38.2 Å². The maximum Gasteiger partial charge on any atom is 0.237 e. The molecule has 1 aromatic rings. The summed E-state index contributed by atoms with van der Waals surface area (Å²) in [5, 5.41) is -0.870. The molecular formula is C10H7BrCl2FNO3S.